The molecular formula is C22H29ClFN3O3. The Bertz CT molecular complexity index is 774. The summed E-state index contributed by atoms with van der Waals surface area (Å²) in [4.78, 5) is 16.4. The molecule has 0 radical (unpaired) electrons. The highest BCUT2D eigenvalue weighted by Gasteiger charge is 2.23. The van der Waals surface area contributed by atoms with Crippen molar-refractivity contribution >= 4 is 17.5 Å². The van der Waals surface area contributed by atoms with Crippen LogP contribution in [0.15, 0.2) is 42.6 Å². The molecule has 3 atom stereocenters. The minimum atomic E-state index is -0.439. The van der Waals surface area contributed by atoms with Crippen molar-refractivity contribution in [3.8, 4) is 0 Å². The number of ether oxygens (including phenoxy) is 1. The van der Waals surface area contributed by atoms with Crippen molar-refractivity contribution in [1.29, 1.82) is 0 Å². The van der Waals surface area contributed by atoms with Crippen LogP contribution in [0.3, 0.4) is 0 Å². The summed E-state index contributed by atoms with van der Waals surface area (Å²) in [6.45, 7) is 2.80. The topological polar surface area (TPSA) is 83.5 Å². The van der Waals surface area contributed by atoms with Crippen LogP contribution in [0.5, 0.6) is 0 Å². The Morgan fingerprint density at radius 3 is 2.57 bits per heavy atom. The van der Waals surface area contributed by atoms with Gasteiger partial charge in [0, 0.05) is 25.3 Å². The molecule has 8 heteroatoms. The average Bonchev–Trinajstić information content (AvgIpc) is 2.76. The van der Waals surface area contributed by atoms with Gasteiger partial charge < -0.3 is 10.1 Å². The Labute approximate surface area is 181 Å². The predicted molar refractivity (Wildman–Crippen MR) is 114 cm³/mol. The van der Waals surface area contributed by atoms with Crippen molar-refractivity contribution in [2.75, 3.05) is 13.7 Å². The summed E-state index contributed by atoms with van der Waals surface area (Å²) < 4.78 is 18.7. The monoisotopic (exact) mass is 437 g/mol. The molecule has 164 valence electrons. The highest BCUT2D eigenvalue weighted by Crippen LogP contribution is 2.27. The van der Waals surface area contributed by atoms with Crippen LogP contribution in [0, 0.1) is 11.7 Å². The van der Waals surface area contributed by atoms with Crippen LogP contribution in [0.2, 0.25) is 5.02 Å². The molecule has 6 nitrogen and oxygen atoms in total. The molecule has 1 aromatic carbocycles. The molecule has 0 aliphatic heterocycles. The van der Waals surface area contributed by atoms with Crippen LogP contribution < -0.4 is 10.8 Å². The van der Waals surface area contributed by atoms with E-state index in [9.17, 15) is 9.18 Å². The zero-order chi connectivity index (χ0) is 21.9. The zero-order valence-electron chi connectivity index (χ0n) is 17.3. The van der Waals surface area contributed by atoms with E-state index < -0.39 is 11.8 Å². The van der Waals surface area contributed by atoms with Gasteiger partial charge in [-0.3, -0.25) is 15.0 Å². The summed E-state index contributed by atoms with van der Waals surface area (Å²) >= 11 is 5.86. The number of rotatable bonds is 12. The number of nitrogens with one attached hydrogen (secondary N) is 2. The summed E-state index contributed by atoms with van der Waals surface area (Å²) in [7, 11) is 1.55. The number of hydroxylamine groups is 1. The first kappa shape index (κ1) is 24.2. The minimum Gasteiger partial charge on any atom is -0.377 e. The number of aromatic nitrogens is 1. The summed E-state index contributed by atoms with van der Waals surface area (Å²) in [6, 6.07) is 9.82. The van der Waals surface area contributed by atoms with Crippen molar-refractivity contribution in [2.24, 2.45) is 5.92 Å². The number of halogens is 2. The summed E-state index contributed by atoms with van der Waals surface area (Å²) in [5, 5.41) is 13.1. The number of amides is 1. The fourth-order valence-corrected chi connectivity index (χ4v) is 3.45. The van der Waals surface area contributed by atoms with E-state index in [-0.39, 0.29) is 18.0 Å². The second-order valence-electron chi connectivity index (χ2n) is 7.26. The highest BCUT2D eigenvalue weighted by atomic mass is 35.5. The third-order valence-electron chi connectivity index (χ3n) is 5.13. The zero-order valence-corrected chi connectivity index (χ0v) is 18.0. The molecule has 30 heavy (non-hydrogen) atoms. The number of carbonyl (C=O) groups is 1. The molecule has 0 aliphatic carbocycles. The van der Waals surface area contributed by atoms with Crippen molar-refractivity contribution in [1.82, 2.24) is 15.8 Å². The first-order valence-electron chi connectivity index (χ1n) is 10.0. The van der Waals surface area contributed by atoms with E-state index in [0.717, 1.165) is 30.6 Å². The number of unbranched alkanes of at least 4 members (excludes halogenated alkanes) is 1. The van der Waals surface area contributed by atoms with E-state index in [1.807, 2.05) is 19.1 Å². The number of hydrogen-bond donors (Lipinski definition) is 3. The Morgan fingerprint density at radius 1 is 1.23 bits per heavy atom. The molecule has 2 aromatic rings. The maximum atomic E-state index is 13.2. The lowest BCUT2D eigenvalue weighted by molar-refractivity contribution is -0.135. The predicted octanol–water partition coefficient (Wildman–Crippen LogP) is 4.59. The first-order chi connectivity index (χ1) is 14.4. The molecule has 0 fully saturated rings. The molecule has 0 spiro atoms. The smallest absolute Gasteiger partial charge is 0.246 e. The van der Waals surface area contributed by atoms with Crippen LogP contribution >= 0.6 is 11.6 Å². The fourth-order valence-electron chi connectivity index (χ4n) is 3.33. The van der Waals surface area contributed by atoms with Crippen molar-refractivity contribution in [2.45, 2.75) is 44.8 Å². The van der Waals surface area contributed by atoms with E-state index in [1.165, 1.54) is 12.1 Å². The number of methoxy groups -OCH3 is 1. The SMILES string of the molecule is CO[C@H](C[C@H](CCCCN[C@H](C)c1ccc(Cl)cn1)C(=O)NO)c1ccc(F)cc1. The van der Waals surface area contributed by atoms with Crippen LogP contribution in [0.4, 0.5) is 4.39 Å². The lowest BCUT2D eigenvalue weighted by Crippen LogP contribution is -2.29. The Kier molecular flexibility index (Phi) is 10.2. The molecule has 3 N–H and O–H groups in total. The standard InChI is InChI=1S/C22H29ClFN3O3/c1-15(20-11-8-18(23)14-26-20)25-12-4-3-5-17(22(28)27-29)13-21(30-2)16-6-9-19(24)10-7-16/h6-11,14-15,17,21,25,29H,3-5,12-13H2,1-2H3,(H,27,28)/t15-,17+,21-/m1/s1. The molecule has 1 heterocycles. The number of pyridine rings is 1. The molecule has 1 aromatic heterocycles. The fraction of sp³-hybridized carbons (Fsp3) is 0.455. The summed E-state index contributed by atoms with van der Waals surface area (Å²) in [6.07, 6.45) is 3.92. The van der Waals surface area contributed by atoms with Gasteiger partial charge in [0.25, 0.3) is 0 Å². The number of carbonyl (C=O) groups excluding carboxylic acids is 1. The normalized spacial score (nSPS) is 14.2. The number of benzene rings is 1. The van der Waals surface area contributed by atoms with Crippen molar-refractivity contribution in [3.05, 3.63) is 64.7 Å². The lowest BCUT2D eigenvalue weighted by Gasteiger charge is -2.22. The van der Waals surface area contributed by atoms with E-state index in [2.05, 4.69) is 10.3 Å². The van der Waals surface area contributed by atoms with Gasteiger partial charge in [0.15, 0.2) is 0 Å². The highest BCUT2D eigenvalue weighted by molar-refractivity contribution is 6.30. The van der Waals surface area contributed by atoms with Gasteiger partial charge in [0.1, 0.15) is 5.82 Å². The van der Waals surface area contributed by atoms with Gasteiger partial charge in [-0.25, -0.2) is 9.87 Å². The Morgan fingerprint density at radius 2 is 1.97 bits per heavy atom. The molecule has 0 bridgehead atoms. The molecule has 1 amide bonds. The quantitative estimate of drug-likeness (QED) is 0.257. The second kappa shape index (κ2) is 12.6. The molecule has 0 saturated heterocycles. The largest absolute Gasteiger partial charge is 0.377 e. The van der Waals surface area contributed by atoms with Gasteiger partial charge in [-0.05, 0) is 62.6 Å². The molecule has 0 aliphatic rings. The van der Waals surface area contributed by atoms with Gasteiger partial charge in [-0.15, -0.1) is 0 Å². The molecule has 2 rings (SSSR count). The van der Waals surface area contributed by atoms with Gasteiger partial charge in [0.05, 0.1) is 16.8 Å². The summed E-state index contributed by atoms with van der Waals surface area (Å²) in [5.74, 6) is -1.18. The molecule has 0 unspecified atom stereocenters. The van der Waals surface area contributed by atoms with Gasteiger partial charge in [-0.2, -0.15) is 0 Å². The van der Waals surface area contributed by atoms with Crippen LogP contribution in [0.1, 0.15) is 56.0 Å². The van der Waals surface area contributed by atoms with Crippen LogP contribution in [-0.4, -0.2) is 29.8 Å². The Balaban J connectivity index is 1.82. The average molecular weight is 438 g/mol. The molecular weight excluding hydrogens is 409 g/mol. The first-order valence-corrected chi connectivity index (χ1v) is 10.4. The lowest BCUT2D eigenvalue weighted by atomic mass is 9.91. The van der Waals surface area contributed by atoms with Gasteiger partial charge in [0.2, 0.25) is 5.91 Å². The van der Waals surface area contributed by atoms with Crippen molar-refractivity contribution in [3.63, 3.8) is 0 Å². The van der Waals surface area contributed by atoms with E-state index >= 15 is 0 Å². The summed E-state index contributed by atoms with van der Waals surface area (Å²) in [5.41, 5.74) is 3.46. The third kappa shape index (κ3) is 7.65. The Hall–Kier alpha value is -2.06. The maximum absolute atomic E-state index is 13.2. The van der Waals surface area contributed by atoms with E-state index in [0.29, 0.717) is 17.9 Å². The van der Waals surface area contributed by atoms with Gasteiger partial charge >= 0.3 is 0 Å². The van der Waals surface area contributed by atoms with E-state index in [4.69, 9.17) is 21.5 Å². The maximum Gasteiger partial charge on any atom is 0.246 e. The molecule has 0 saturated carbocycles. The van der Waals surface area contributed by atoms with Gasteiger partial charge in [-0.1, -0.05) is 30.2 Å². The van der Waals surface area contributed by atoms with E-state index in [1.54, 1.807) is 30.9 Å². The number of hydrogen-bond acceptors (Lipinski definition) is 5. The minimum absolute atomic E-state index is 0.0927. The third-order valence-corrected chi connectivity index (χ3v) is 5.35. The van der Waals surface area contributed by atoms with Crippen molar-refractivity contribution < 1.29 is 19.1 Å². The number of nitrogens with zero attached hydrogens (tertiary/aromatic N) is 1. The van der Waals surface area contributed by atoms with Crippen LogP contribution in [0.25, 0.3) is 0 Å². The second-order valence-corrected chi connectivity index (χ2v) is 7.69. The van der Waals surface area contributed by atoms with Crippen LogP contribution in [-0.2, 0) is 9.53 Å².